The molecule has 1 heterocycles. The highest BCUT2D eigenvalue weighted by Gasteiger charge is 2.03. The van der Waals surface area contributed by atoms with E-state index in [4.69, 9.17) is 5.73 Å². The smallest absolute Gasteiger partial charge is 0.0574 e. The van der Waals surface area contributed by atoms with Crippen LogP contribution in [0.5, 0.6) is 0 Å². The van der Waals surface area contributed by atoms with Crippen LogP contribution in [0.4, 0.5) is 5.69 Å². The minimum Gasteiger partial charge on any atom is -0.398 e. The third-order valence-electron chi connectivity index (χ3n) is 2.51. The lowest BCUT2D eigenvalue weighted by Gasteiger charge is -2.08. The van der Waals surface area contributed by atoms with Crippen molar-refractivity contribution in [1.29, 1.82) is 0 Å². The van der Waals surface area contributed by atoms with Crippen LogP contribution in [0, 0.1) is 13.8 Å². The van der Waals surface area contributed by atoms with E-state index >= 15 is 0 Å². The normalized spacial score (nSPS) is 10.3. The maximum Gasteiger partial charge on any atom is 0.0574 e. The van der Waals surface area contributed by atoms with Crippen LogP contribution < -0.4 is 5.73 Å². The first-order chi connectivity index (χ1) is 7.18. The van der Waals surface area contributed by atoms with Gasteiger partial charge >= 0.3 is 0 Å². The molecule has 0 saturated carbocycles. The summed E-state index contributed by atoms with van der Waals surface area (Å²) in [6.45, 7) is 4.03. The van der Waals surface area contributed by atoms with E-state index in [9.17, 15) is 0 Å². The van der Waals surface area contributed by atoms with Crippen LogP contribution >= 0.6 is 0 Å². The van der Waals surface area contributed by atoms with Gasteiger partial charge in [-0.1, -0.05) is 0 Å². The Morgan fingerprint density at radius 3 is 2.20 bits per heavy atom. The number of nitrogens with zero attached hydrogens (tertiary/aromatic N) is 2. The maximum atomic E-state index is 5.90. The monoisotopic (exact) mass is 199 g/mol. The fourth-order valence-corrected chi connectivity index (χ4v) is 1.60. The Kier molecular flexibility index (Phi) is 2.37. The van der Waals surface area contributed by atoms with Crippen LogP contribution in [-0.2, 0) is 0 Å². The summed E-state index contributed by atoms with van der Waals surface area (Å²) >= 11 is 0. The number of hydrogen-bond acceptors (Lipinski definition) is 3. The Bertz CT molecular complexity index is 454. The molecule has 76 valence electrons. The van der Waals surface area contributed by atoms with Crippen molar-refractivity contribution in [2.24, 2.45) is 0 Å². The van der Waals surface area contributed by atoms with Crippen LogP contribution in [0.15, 0.2) is 30.6 Å². The van der Waals surface area contributed by atoms with Gasteiger partial charge in [-0.3, -0.25) is 0 Å². The molecule has 0 atom stereocenters. The molecule has 15 heavy (non-hydrogen) atoms. The molecule has 3 heteroatoms. The summed E-state index contributed by atoms with van der Waals surface area (Å²) in [4.78, 5) is 0. The molecule has 0 amide bonds. The summed E-state index contributed by atoms with van der Waals surface area (Å²) in [7, 11) is 0. The largest absolute Gasteiger partial charge is 0.398 e. The van der Waals surface area contributed by atoms with Gasteiger partial charge in [0.05, 0.1) is 12.4 Å². The zero-order chi connectivity index (χ0) is 10.8. The number of nitrogen functional groups attached to an aromatic ring is 1. The topological polar surface area (TPSA) is 51.8 Å². The Labute approximate surface area is 89.0 Å². The zero-order valence-electron chi connectivity index (χ0n) is 8.86. The lowest BCUT2D eigenvalue weighted by atomic mass is 10.0. The molecule has 0 aliphatic carbocycles. The second kappa shape index (κ2) is 3.69. The molecule has 1 aromatic heterocycles. The van der Waals surface area contributed by atoms with Gasteiger partial charge in [-0.25, -0.2) is 0 Å². The molecule has 3 nitrogen and oxygen atoms in total. The molecule has 2 N–H and O–H groups in total. The van der Waals surface area contributed by atoms with Crippen molar-refractivity contribution in [1.82, 2.24) is 10.2 Å². The Morgan fingerprint density at radius 1 is 1.00 bits per heavy atom. The van der Waals surface area contributed by atoms with Crippen molar-refractivity contribution in [3.05, 3.63) is 41.7 Å². The highest BCUT2D eigenvalue weighted by molar-refractivity contribution is 5.69. The van der Waals surface area contributed by atoms with E-state index < -0.39 is 0 Å². The van der Waals surface area contributed by atoms with Crippen molar-refractivity contribution in [2.75, 3.05) is 5.73 Å². The van der Waals surface area contributed by atoms with E-state index in [-0.39, 0.29) is 0 Å². The molecular weight excluding hydrogens is 186 g/mol. The lowest BCUT2D eigenvalue weighted by molar-refractivity contribution is 1.03. The first-order valence-corrected chi connectivity index (χ1v) is 4.82. The third-order valence-corrected chi connectivity index (χ3v) is 2.51. The van der Waals surface area contributed by atoms with Gasteiger partial charge in [0.1, 0.15) is 0 Å². The van der Waals surface area contributed by atoms with Crippen molar-refractivity contribution in [2.45, 2.75) is 13.8 Å². The average Bonchev–Trinajstić information content (AvgIpc) is 2.26. The summed E-state index contributed by atoms with van der Waals surface area (Å²) in [6.07, 6.45) is 3.45. The van der Waals surface area contributed by atoms with Crippen LogP contribution in [0.2, 0.25) is 0 Å². The highest BCUT2D eigenvalue weighted by Crippen LogP contribution is 2.25. The Hall–Kier alpha value is -1.90. The fourth-order valence-electron chi connectivity index (χ4n) is 1.60. The van der Waals surface area contributed by atoms with Gasteiger partial charge in [-0.2, -0.15) is 10.2 Å². The first-order valence-electron chi connectivity index (χ1n) is 4.82. The van der Waals surface area contributed by atoms with E-state index in [1.807, 2.05) is 19.9 Å². The predicted molar refractivity (Wildman–Crippen MR) is 61.4 cm³/mol. The van der Waals surface area contributed by atoms with Crippen LogP contribution in [-0.4, -0.2) is 10.2 Å². The number of nitrogens with two attached hydrogens (primary N) is 1. The summed E-state index contributed by atoms with van der Waals surface area (Å²) < 4.78 is 0. The first kappa shape index (κ1) is 9.65. The second-order valence-corrected chi connectivity index (χ2v) is 3.65. The predicted octanol–water partition coefficient (Wildman–Crippen LogP) is 2.34. The molecule has 0 aliphatic rings. The van der Waals surface area contributed by atoms with Crippen molar-refractivity contribution in [3.63, 3.8) is 0 Å². The summed E-state index contributed by atoms with van der Waals surface area (Å²) in [5.74, 6) is 0. The molecule has 0 unspecified atom stereocenters. The van der Waals surface area contributed by atoms with Crippen molar-refractivity contribution >= 4 is 5.69 Å². The van der Waals surface area contributed by atoms with E-state index in [1.165, 1.54) is 0 Å². The Morgan fingerprint density at radius 2 is 1.67 bits per heavy atom. The minimum atomic E-state index is 0.862. The molecule has 0 saturated heterocycles. The summed E-state index contributed by atoms with van der Waals surface area (Å²) in [5.41, 5.74) is 11.2. The van der Waals surface area contributed by atoms with Crippen molar-refractivity contribution < 1.29 is 0 Å². The molecule has 0 spiro atoms. The molecule has 0 aliphatic heterocycles. The van der Waals surface area contributed by atoms with Crippen LogP contribution in [0.25, 0.3) is 11.1 Å². The number of aromatic nitrogens is 2. The van der Waals surface area contributed by atoms with Gasteiger partial charge < -0.3 is 5.73 Å². The van der Waals surface area contributed by atoms with Gasteiger partial charge in [0, 0.05) is 11.3 Å². The number of anilines is 1. The molecule has 0 radical (unpaired) electrons. The van der Waals surface area contributed by atoms with Gasteiger partial charge in [0.25, 0.3) is 0 Å². The van der Waals surface area contributed by atoms with Crippen LogP contribution in [0.3, 0.4) is 0 Å². The number of aryl methyl sites for hydroxylation is 2. The van der Waals surface area contributed by atoms with Crippen LogP contribution in [0.1, 0.15) is 11.1 Å². The summed E-state index contributed by atoms with van der Waals surface area (Å²) in [5, 5.41) is 7.62. The molecule has 0 fully saturated rings. The minimum absolute atomic E-state index is 0.862. The molecule has 2 aromatic rings. The quantitative estimate of drug-likeness (QED) is 0.717. The summed E-state index contributed by atoms with van der Waals surface area (Å²) in [6, 6.07) is 6.08. The molecule has 0 bridgehead atoms. The van der Waals surface area contributed by atoms with E-state index in [0.717, 1.165) is 27.9 Å². The van der Waals surface area contributed by atoms with Crippen molar-refractivity contribution in [3.8, 4) is 11.1 Å². The maximum absolute atomic E-state index is 5.90. The third kappa shape index (κ3) is 1.81. The van der Waals surface area contributed by atoms with Gasteiger partial charge in [-0.15, -0.1) is 0 Å². The van der Waals surface area contributed by atoms with E-state index in [1.54, 1.807) is 12.4 Å². The standard InChI is InChI=1S/C12H13N3/c1-8-5-11(6-9(2)12(8)13)10-3-4-14-15-7-10/h3-7H,13H2,1-2H3. The molecular formula is C12H13N3. The highest BCUT2D eigenvalue weighted by atomic mass is 15.1. The van der Waals surface area contributed by atoms with Gasteiger partial charge in [0.15, 0.2) is 0 Å². The SMILES string of the molecule is Cc1cc(-c2ccnnc2)cc(C)c1N. The number of benzene rings is 1. The van der Waals surface area contributed by atoms with E-state index in [0.29, 0.717) is 0 Å². The van der Waals surface area contributed by atoms with Gasteiger partial charge in [0.2, 0.25) is 0 Å². The fraction of sp³-hybridized carbons (Fsp3) is 0.167. The van der Waals surface area contributed by atoms with Gasteiger partial charge in [-0.05, 0) is 48.7 Å². The average molecular weight is 199 g/mol. The number of rotatable bonds is 1. The van der Waals surface area contributed by atoms with E-state index in [2.05, 4.69) is 22.3 Å². The molecule has 1 aromatic carbocycles. The number of hydrogen-bond donors (Lipinski definition) is 1. The Balaban J connectivity index is 2.56. The molecule has 2 rings (SSSR count). The zero-order valence-corrected chi connectivity index (χ0v) is 8.86. The lowest BCUT2D eigenvalue weighted by Crippen LogP contribution is -1.94. The second-order valence-electron chi connectivity index (χ2n) is 3.65.